The van der Waals surface area contributed by atoms with Crippen LogP contribution in [0.1, 0.15) is 28.1 Å². The highest BCUT2D eigenvalue weighted by Gasteiger charge is 2.27. The number of para-hydroxylation sites is 1. The molecule has 1 aromatic heterocycles. The lowest BCUT2D eigenvalue weighted by Gasteiger charge is -2.29. The zero-order valence-corrected chi connectivity index (χ0v) is 11.0. The van der Waals surface area contributed by atoms with Crippen molar-refractivity contribution >= 4 is 17.3 Å². The van der Waals surface area contributed by atoms with Crippen LogP contribution in [-0.4, -0.2) is 23.4 Å². The number of hydrogen-bond donors (Lipinski definition) is 1. The van der Waals surface area contributed by atoms with Gasteiger partial charge in [-0.05, 0) is 19.1 Å². The first kappa shape index (κ1) is 12.5. The molecular weight excluding hydrogens is 256 g/mol. The molecule has 102 valence electrons. The molecule has 0 fully saturated rings. The third kappa shape index (κ3) is 1.97. The van der Waals surface area contributed by atoms with Gasteiger partial charge in [-0.3, -0.25) is 4.79 Å². The predicted octanol–water partition coefficient (Wildman–Crippen LogP) is 2.82. The second-order valence-corrected chi connectivity index (χ2v) is 4.72. The molecule has 3 rings (SSSR count). The summed E-state index contributed by atoms with van der Waals surface area (Å²) >= 11 is 0. The Morgan fingerprint density at radius 3 is 2.90 bits per heavy atom. The van der Waals surface area contributed by atoms with Crippen molar-refractivity contribution in [1.29, 1.82) is 0 Å². The van der Waals surface area contributed by atoms with Crippen LogP contribution in [0.2, 0.25) is 0 Å². The third-order valence-electron chi connectivity index (χ3n) is 3.42. The topological polar surface area (TPSA) is 66.0 Å². The van der Waals surface area contributed by atoms with E-state index in [0.29, 0.717) is 30.0 Å². The highest BCUT2D eigenvalue weighted by atomic mass is 16.4. The number of aryl methyl sites for hydroxylation is 1. The zero-order valence-electron chi connectivity index (χ0n) is 11.0. The van der Waals surface area contributed by atoms with Gasteiger partial charge in [0.1, 0.15) is 12.0 Å². The summed E-state index contributed by atoms with van der Waals surface area (Å²) in [5, 5.41) is 12.4. The number of hydrogen-bond acceptors (Lipinski definition) is 4. The molecule has 2 heterocycles. The number of fused-ring (bicyclic) bond motifs is 1. The summed E-state index contributed by atoms with van der Waals surface area (Å²) in [7, 11) is 0. The van der Waals surface area contributed by atoms with Crippen molar-refractivity contribution in [2.24, 2.45) is 5.16 Å². The SMILES string of the molecule is Cc1cc(C(=O)N2CC/C(=N/O)c3ccccc32)co1. The molecular formula is C15H14N2O3. The molecule has 1 aromatic carbocycles. The Hall–Kier alpha value is -2.56. The van der Waals surface area contributed by atoms with Crippen molar-refractivity contribution in [3.8, 4) is 0 Å². The lowest BCUT2D eigenvalue weighted by molar-refractivity contribution is 0.0986. The second kappa shape index (κ2) is 4.85. The Morgan fingerprint density at radius 2 is 2.20 bits per heavy atom. The first-order valence-corrected chi connectivity index (χ1v) is 6.38. The minimum Gasteiger partial charge on any atom is -0.469 e. The lowest BCUT2D eigenvalue weighted by Crippen LogP contribution is -2.37. The van der Waals surface area contributed by atoms with Crippen LogP contribution in [-0.2, 0) is 0 Å². The molecule has 5 nitrogen and oxygen atoms in total. The Balaban J connectivity index is 2.02. The standard InChI is InChI=1S/C15H14N2O3/c1-10-8-11(9-20-10)15(18)17-7-6-13(16-19)12-4-2-3-5-14(12)17/h2-5,8-9,19H,6-7H2,1H3/b16-13-. The first-order chi connectivity index (χ1) is 9.70. The normalized spacial score (nSPS) is 16.2. The van der Waals surface area contributed by atoms with E-state index in [1.807, 2.05) is 24.3 Å². The molecule has 1 N–H and O–H groups in total. The van der Waals surface area contributed by atoms with Crippen molar-refractivity contribution in [1.82, 2.24) is 0 Å². The molecule has 0 atom stereocenters. The maximum Gasteiger partial charge on any atom is 0.261 e. The maximum atomic E-state index is 12.5. The van der Waals surface area contributed by atoms with Crippen molar-refractivity contribution in [2.45, 2.75) is 13.3 Å². The largest absolute Gasteiger partial charge is 0.469 e. The van der Waals surface area contributed by atoms with Crippen molar-refractivity contribution in [2.75, 3.05) is 11.4 Å². The molecule has 1 amide bonds. The van der Waals surface area contributed by atoms with Gasteiger partial charge in [-0.15, -0.1) is 0 Å². The molecule has 0 saturated carbocycles. The van der Waals surface area contributed by atoms with Gasteiger partial charge in [0.2, 0.25) is 0 Å². The molecule has 0 aliphatic carbocycles. The minimum absolute atomic E-state index is 0.105. The van der Waals surface area contributed by atoms with Gasteiger partial charge in [0.15, 0.2) is 0 Å². The third-order valence-corrected chi connectivity index (χ3v) is 3.42. The number of anilines is 1. The fourth-order valence-corrected chi connectivity index (χ4v) is 2.45. The van der Waals surface area contributed by atoms with E-state index in [1.165, 1.54) is 6.26 Å². The highest BCUT2D eigenvalue weighted by molar-refractivity contribution is 6.14. The van der Waals surface area contributed by atoms with Crippen molar-refractivity contribution in [3.05, 3.63) is 53.5 Å². The number of amides is 1. The van der Waals surface area contributed by atoms with Crippen molar-refractivity contribution in [3.63, 3.8) is 0 Å². The number of carbonyl (C=O) groups is 1. The minimum atomic E-state index is -0.105. The second-order valence-electron chi connectivity index (χ2n) is 4.72. The summed E-state index contributed by atoms with van der Waals surface area (Å²) in [6, 6.07) is 9.15. The summed E-state index contributed by atoms with van der Waals surface area (Å²) in [6.07, 6.45) is 1.99. The predicted molar refractivity (Wildman–Crippen MR) is 74.5 cm³/mol. The number of carbonyl (C=O) groups excluding carboxylic acids is 1. The summed E-state index contributed by atoms with van der Waals surface area (Å²) < 4.78 is 5.20. The van der Waals surface area contributed by atoms with Gasteiger partial charge in [-0.2, -0.15) is 0 Å². The highest BCUT2D eigenvalue weighted by Crippen LogP contribution is 2.28. The molecule has 0 bridgehead atoms. The van der Waals surface area contributed by atoms with Crippen LogP contribution >= 0.6 is 0 Å². The van der Waals surface area contributed by atoms with Crippen LogP contribution in [0.5, 0.6) is 0 Å². The van der Waals surface area contributed by atoms with Gasteiger partial charge in [0.05, 0.1) is 17.0 Å². The van der Waals surface area contributed by atoms with Crippen molar-refractivity contribution < 1.29 is 14.4 Å². The van der Waals surface area contributed by atoms with Crippen LogP contribution in [0.3, 0.4) is 0 Å². The Bertz CT molecular complexity index is 688. The molecule has 0 saturated heterocycles. The smallest absolute Gasteiger partial charge is 0.261 e. The van der Waals surface area contributed by atoms with E-state index in [9.17, 15) is 4.79 Å². The molecule has 1 aliphatic heterocycles. The number of nitrogens with zero attached hydrogens (tertiary/aromatic N) is 2. The van der Waals surface area contributed by atoms with Gasteiger partial charge in [0, 0.05) is 18.5 Å². The quantitative estimate of drug-likeness (QED) is 0.640. The Labute approximate surface area is 116 Å². The summed E-state index contributed by atoms with van der Waals surface area (Å²) in [5.74, 6) is 0.600. The zero-order chi connectivity index (χ0) is 14.1. The monoisotopic (exact) mass is 270 g/mol. The van der Waals surface area contributed by atoms with E-state index >= 15 is 0 Å². The number of benzene rings is 1. The van der Waals surface area contributed by atoms with Crippen LogP contribution in [0.15, 0.2) is 46.2 Å². The molecule has 0 spiro atoms. The molecule has 1 aliphatic rings. The average molecular weight is 270 g/mol. The molecule has 20 heavy (non-hydrogen) atoms. The van der Waals surface area contributed by atoms with Gasteiger partial charge >= 0.3 is 0 Å². The Kier molecular flexibility index (Phi) is 3.02. The van der Waals surface area contributed by atoms with E-state index < -0.39 is 0 Å². The summed E-state index contributed by atoms with van der Waals surface area (Å²) in [6.45, 7) is 2.29. The first-order valence-electron chi connectivity index (χ1n) is 6.38. The van der Waals surface area contributed by atoms with E-state index in [0.717, 1.165) is 11.3 Å². The average Bonchev–Trinajstić information content (AvgIpc) is 2.92. The van der Waals surface area contributed by atoms with Gasteiger partial charge < -0.3 is 14.5 Å². The van der Waals surface area contributed by atoms with Crippen LogP contribution in [0.4, 0.5) is 5.69 Å². The molecule has 0 unspecified atom stereocenters. The molecule has 0 radical (unpaired) electrons. The fourth-order valence-electron chi connectivity index (χ4n) is 2.45. The lowest BCUT2D eigenvalue weighted by atomic mass is 9.99. The fraction of sp³-hybridized carbons (Fsp3) is 0.200. The maximum absolute atomic E-state index is 12.5. The van der Waals surface area contributed by atoms with Crippen LogP contribution in [0.25, 0.3) is 0 Å². The van der Waals surface area contributed by atoms with E-state index in [2.05, 4.69) is 5.16 Å². The summed E-state index contributed by atoms with van der Waals surface area (Å²) in [5.41, 5.74) is 2.68. The summed E-state index contributed by atoms with van der Waals surface area (Å²) in [4.78, 5) is 14.2. The number of furan rings is 1. The number of rotatable bonds is 1. The van der Waals surface area contributed by atoms with Crippen LogP contribution < -0.4 is 4.90 Å². The van der Waals surface area contributed by atoms with Crippen LogP contribution in [0, 0.1) is 6.92 Å². The van der Waals surface area contributed by atoms with Gasteiger partial charge in [0.25, 0.3) is 5.91 Å². The van der Waals surface area contributed by atoms with Gasteiger partial charge in [-0.1, -0.05) is 23.4 Å². The van der Waals surface area contributed by atoms with E-state index in [-0.39, 0.29) is 5.91 Å². The Morgan fingerprint density at radius 1 is 1.40 bits per heavy atom. The van der Waals surface area contributed by atoms with Gasteiger partial charge in [-0.25, -0.2) is 0 Å². The van der Waals surface area contributed by atoms with E-state index in [4.69, 9.17) is 9.62 Å². The molecule has 2 aromatic rings. The van der Waals surface area contributed by atoms with E-state index in [1.54, 1.807) is 17.9 Å². The molecule has 5 heteroatoms. The number of oxime groups is 1.